The summed E-state index contributed by atoms with van der Waals surface area (Å²) < 4.78 is 6.93. The van der Waals surface area contributed by atoms with Crippen molar-refractivity contribution in [2.24, 2.45) is 14.1 Å². The fourth-order valence-electron chi connectivity index (χ4n) is 1.31. The van der Waals surface area contributed by atoms with Crippen molar-refractivity contribution in [2.75, 3.05) is 5.32 Å². The summed E-state index contributed by atoms with van der Waals surface area (Å²) in [5.74, 6) is 0.661. The molecule has 2 aromatic heterocycles. The van der Waals surface area contributed by atoms with E-state index in [0.29, 0.717) is 5.76 Å². The van der Waals surface area contributed by atoms with E-state index in [9.17, 15) is 9.59 Å². The fraction of sp³-hybridized carbons (Fsp3) is 0.333. The van der Waals surface area contributed by atoms with Gasteiger partial charge in [-0.2, -0.15) is 0 Å². The first-order chi connectivity index (χ1) is 8.09. The van der Waals surface area contributed by atoms with E-state index in [1.165, 1.54) is 20.3 Å². The number of rotatable bonds is 3. The van der Waals surface area contributed by atoms with Crippen LogP contribution in [0, 0.1) is 0 Å². The predicted molar refractivity (Wildman–Crippen MR) is 58.5 cm³/mol. The molecule has 1 N–H and O–H groups in total. The second kappa shape index (κ2) is 4.24. The van der Waals surface area contributed by atoms with Crippen LogP contribution in [0.5, 0.6) is 0 Å². The summed E-state index contributed by atoms with van der Waals surface area (Å²) in [6.45, 7) is 0.278. The number of anilines is 1. The molecule has 0 bridgehead atoms. The third-order valence-electron chi connectivity index (χ3n) is 2.24. The minimum atomic E-state index is -0.479. The standard InChI is InChI=1S/C9H11N5O3/c1-13-8(15)7(12-14(2)9(13)16)10-5-6-3-4-11-17-6/h3-4H,5H2,1-2H3,(H,10,12). The van der Waals surface area contributed by atoms with Gasteiger partial charge >= 0.3 is 5.69 Å². The smallest absolute Gasteiger partial charge is 0.346 e. The molecule has 0 unspecified atom stereocenters. The lowest BCUT2D eigenvalue weighted by molar-refractivity contribution is 0.387. The van der Waals surface area contributed by atoms with E-state index >= 15 is 0 Å². The van der Waals surface area contributed by atoms with Gasteiger partial charge in [0.05, 0.1) is 12.7 Å². The first-order valence-corrected chi connectivity index (χ1v) is 4.87. The van der Waals surface area contributed by atoms with Crippen molar-refractivity contribution < 1.29 is 4.52 Å². The summed E-state index contributed by atoms with van der Waals surface area (Å²) in [5.41, 5.74) is -0.951. The third-order valence-corrected chi connectivity index (χ3v) is 2.24. The summed E-state index contributed by atoms with van der Waals surface area (Å²) in [6.07, 6.45) is 1.50. The van der Waals surface area contributed by atoms with Gasteiger partial charge in [0.15, 0.2) is 5.76 Å². The van der Waals surface area contributed by atoms with E-state index in [-0.39, 0.29) is 12.4 Å². The van der Waals surface area contributed by atoms with Crippen molar-refractivity contribution in [2.45, 2.75) is 6.54 Å². The lowest BCUT2D eigenvalue weighted by Crippen LogP contribution is -2.39. The molecular formula is C9H11N5O3. The van der Waals surface area contributed by atoms with Crippen molar-refractivity contribution in [3.8, 4) is 0 Å². The summed E-state index contributed by atoms with van der Waals surface area (Å²) in [6, 6.07) is 1.67. The van der Waals surface area contributed by atoms with E-state index in [2.05, 4.69) is 15.6 Å². The highest BCUT2D eigenvalue weighted by atomic mass is 16.5. The second-order valence-corrected chi connectivity index (χ2v) is 3.45. The molecule has 0 aliphatic rings. The molecule has 0 radical (unpaired) electrons. The molecule has 0 aliphatic carbocycles. The average Bonchev–Trinajstić information content (AvgIpc) is 2.82. The Labute approximate surface area is 95.5 Å². The van der Waals surface area contributed by atoms with Crippen LogP contribution in [0.3, 0.4) is 0 Å². The van der Waals surface area contributed by atoms with E-state index in [1.54, 1.807) is 6.07 Å². The van der Waals surface area contributed by atoms with E-state index in [1.807, 2.05) is 0 Å². The molecule has 90 valence electrons. The maximum absolute atomic E-state index is 11.7. The topological polar surface area (TPSA) is 94.9 Å². The Morgan fingerprint density at radius 3 is 2.82 bits per heavy atom. The van der Waals surface area contributed by atoms with Crippen LogP contribution in [0.1, 0.15) is 5.76 Å². The monoisotopic (exact) mass is 237 g/mol. The largest absolute Gasteiger partial charge is 0.360 e. The normalized spacial score (nSPS) is 10.5. The molecule has 0 aromatic carbocycles. The van der Waals surface area contributed by atoms with Crippen molar-refractivity contribution in [3.05, 3.63) is 38.9 Å². The molecule has 17 heavy (non-hydrogen) atoms. The van der Waals surface area contributed by atoms with Gasteiger partial charge in [-0.15, -0.1) is 5.10 Å². The van der Waals surface area contributed by atoms with E-state index in [0.717, 1.165) is 9.25 Å². The van der Waals surface area contributed by atoms with E-state index in [4.69, 9.17) is 4.52 Å². The van der Waals surface area contributed by atoms with Crippen LogP contribution in [0.4, 0.5) is 5.82 Å². The molecule has 8 heteroatoms. The predicted octanol–water partition coefficient (Wildman–Crippen LogP) is -0.921. The summed E-state index contributed by atoms with van der Waals surface area (Å²) >= 11 is 0. The molecule has 0 saturated carbocycles. The summed E-state index contributed by atoms with van der Waals surface area (Å²) in [5, 5.41) is 10.1. The molecule has 0 spiro atoms. The van der Waals surface area contributed by atoms with Gasteiger partial charge in [-0.25, -0.2) is 9.48 Å². The molecule has 0 amide bonds. The van der Waals surface area contributed by atoms with Crippen molar-refractivity contribution in [1.82, 2.24) is 19.5 Å². The maximum Gasteiger partial charge on any atom is 0.346 e. The Morgan fingerprint density at radius 2 is 2.18 bits per heavy atom. The molecule has 8 nitrogen and oxygen atoms in total. The van der Waals surface area contributed by atoms with Gasteiger partial charge in [-0.05, 0) is 0 Å². The number of hydrogen-bond donors (Lipinski definition) is 1. The van der Waals surface area contributed by atoms with Crippen LogP contribution < -0.4 is 16.6 Å². The van der Waals surface area contributed by atoms with Crippen LogP contribution in [-0.4, -0.2) is 19.5 Å². The number of aryl methyl sites for hydroxylation is 1. The average molecular weight is 237 g/mol. The van der Waals surface area contributed by atoms with E-state index < -0.39 is 11.2 Å². The van der Waals surface area contributed by atoms with Gasteiger partial charge in [0.25, 0.3) is 5.56 Å². The highest BCUT2D eigenvalue weighted by molar-refractivity contribution is 5.29. The molecule has 2 heterocycles. The molecule has 0 saturated heterocycles. The van der Waals surface area contributed by atoms with Crippen LogP contribution in [-0.2, 0) is 20.6 Å². The van der Waals surface area contributed by atoms with Crippen molar-refractivity contribution in [3.63, 3.8) is 0 Å². The van der Waals surface area contributed by atoms with Gasteiger partial charge in [0, 0.05) is 20.2 Å². The Hall–Kier alpha value is -2.38. The van der Waals surface area contributed by atoms with Crippen molar-refractivity contribution >= 4 is 5.82 Å². The highest BCUT2D eigenvalue weighted by Gasteiger charge is 2.08. The van der Waals surface area contributed by atoms with Crippen LogP contribution in [0.25, 0.3) is 0 Å². The van der Waals surface area contributed by atoms with Crippen LogP contribution >= 0.6 is 0 Å². The zero-order valence-corrected chi connectivity index (χ0v) is 9.38. The summed E-state index contributed by atoms with van der Waals surface area (Å²) in [4.78, 5) is 23.1. The fourth-order valence-corrected chi connectivity index (χ4v) is 1.31. The number of nitrogens with one attached hydrogen (secondary N) is 1. The first-order valence-electron chi connectivity index (χ1n) is 4.87. The number of aromatic nitrogens is 4. The van der Waals surface area contributed by atoms with Gasteiger partial charge in [0.1, 0.15) is 0 Å². The third kappa shape index (κ3) is 2.10. The minimum absolute atomic E-state index is 0.0889. The minimum Gasteiger partial charge on any atom is -0.360 e. The molecule has 0 fully saturated rings. The number of nitrogens with zero attached hydrogens (tertiary/aromatic N) is 4. The van der Waals surface area contributed by atoms with Gasteiger partial charge in [-0.3, -0.25) is 9.36 Å². The van der Waals surface area contributed by atoms with Gasteiger partial charge in [0.2, 0.25) is 5.82 Å². The molecular weight excluding hydrogens is 226 g/mol. The Kier molecular flexibility index (Phi) is 2.77. The quantitative estimate of drug-likeness (QED) is 0.741. The Balaban J connectivity index is 2.28. The summed E-state index contributed by atoms with van der Waals surface area (Å²) in [7, 11) is 2.87. The van der Waals surface area contributed by atoms with Gasteiger partial charge < -0.3 is 9.84 Å². The molecule has 2 rings (SSSR count). The second-order valence-electron chi connectivity index (χ2n) is 3.45. The molecule has 0 aliphatic heterocycles. The zero-order chi connectivity index (χ0) is 12.4. The Morgan fingerprint density at radius 1 is 1.41 bits per heavy atom. The highest BCUT2D eigenvalue weighted by Crippen LogP contribution is 1.99. The van der Waals surface area contributed by atoms with Crippen LogP contribution in [0.2, 0.25) is 0 Å². The lowest BCUT2D eigenvalue weighted by atomic mass is 10.4. The van der Waals surface area contributed by atoms with Crippen molar-refractivity contribution in [1.29, 1.82) is 0 Å². The first kappa shape index (κ1) is 11.1. The maximum atomic E-state index is 11.7. The number of hydrogen-bond acceptors (Lipinski definition) is 6. The lowest BCUT2D eigenvalue weighted by Gasteiger charge is -2.06. The van der Waals surface area contributed by atoms with Crippen LogP contribution in [0.15, 0.2) is 26.4 Å². The zero-order valence-electron chi connectivity index (χ0n) is 9.38. The Bertz CT molecular complexity index is 625. The van der Waals surface area contributed by atoms with Gasteiger partial charge in [-0.1, -0.05) is 5.16 Å². The molecule has 0 atom stereocenters. The SMILES string of the molecule is Cn1nc(NCc2ccno2)c(=O)n(C)c1=O. The molecule has 2 aromatic rings.